The second kappa shape index (κ2) is 5.62. The zero-order valence-corrected chi connectivity index (χ0v) is 9.32. The van der Waals surface area contributed by atoms with E-state index in [1.165, 1.54) is 0 Å². The molecule has 0 bridgehead atoms. The molecule has 4 nitrogen and oxygen atoms in total. The van der Waals surface area contributed by atoms with Gasteiger partial charge in [-0.05, 0) is 39.7 Å². The third kappa shape index (κ3) is 3.01. The van der Waals surface area contributed by atoms with E-state index in [-0.39, 0.29) is 6.79 Å². The van der Waals surface area contributed by atoms with Crippen LogP contribution < -0.4 is 10.6 Å². The first kappa shape index (κ1) is 11.0. The summed E-state index contributed by atoms with van der Waals surface area (Å²) in [6.07, 6.45) is 1.56. The van der Waals surface area contributed by atoms with Gasteiger partial charge in [0.15, 0.2) is 6.79 Å². The SMILES string of the molecule is COCOc1ccc(C=NN)cc1Br. The number of nitrogens with two attached hydrogens (primary N) is 1. The first-order valence-corrected chi connectivity index (χ1v) is 4.71. The van der Waals surface area contributed by atoms with Gasteiger partial charge in [0.25, 0.3) is 0 Å². The molecule has 1 rings (SSSR count). The maximum atomic E-state index is 5.27. The number of halogens is 1. The molecule has 1 aromatic rings. The van der Waals surface area contributed by atoms with Gasteiger partial charge in [-0.1, -0.05) is 0 Å². The molecule has 1 aromatic carbocycles. The van der Waals surface area contributed by atoms with Gasteiger partial charge < -0.3 is 15.3 Å². The average molecular weight is 259 g/mol. The van der Waals surface area contributed by atoms with E-state index < -0.39 is 0 Å². The zero-order chi connectivity index (χ0) is 10.4. The molecule has 0 amide bonds. The van der Waals surface area contributed by atoms with Crippen molar-refractivity contribution >= 4 is 22.1 Å². The number of rotatable bonds is 4. The number of ether oxygens (including phenoxy) is 2. The standard InChI is InChI=1S/C9H11BrN2O2/c1-13-6-14-9-3-2-7(5-12-11)4-8(9)10/h2-5H,6,11H2,1H3. The van der Waals surface area contributed by atoms with Crippen molar-refractivity contribution in [3.05, 3.63) is 28.2 Å². The summed E-state index contributed by atoms with van der Waals surface area (Å²) < 4.78 is 10.9. The first-order chi connectivity index (χ1) is 6.77. The van der Waals surface area contributed by atoms with E-state index >= 15 is 0 Å². The maximum absolute atomic E-state index is 5.27. The van der Waals surface area contributed by atoms with E-state index in [2.05, 4.69) is 21.0 Å². The molecule has 0 atom stereocenters. The van der Waals surface area contributed by atoms with Crippen molar-refractivity contribution in [2.24, 2.45) is 10.9 Å². The lowest BCUT2D eigenvalue weighted by Gasteiger charge is -2.06. The van der Waals surface area contributed by atoms with Crippen LogP contribution in [0.1, 0.15) is 5.56 Å². The number of hydrazone groups is 1. The van der Waals surface area contributed by atoms with E-state index in [1.54, 1.807) is 13.3 Å². The molecule has 14 heavy (non-hydrogen) atoms. The summed E-state index contributed by atoms with van der Waals surface area (Å²) in [5, 5.41) is 3.43. The van der Waals surface area contributed by atoms with Gasteiger partial charge in [0, 0.05) is 7.11 Å². The van der Waals surface area contributed by atoms with E-state index in [9.17, 15) is 0 Å². The van der Waals surface area contributed by atoms with Crippen molar-refractivity contribution in [3.63, 3.8) is 0 Å². The van der Waals surface area contributed by atoms with Gasteiger partial charge in [-0.15, -0.1) is 0 Å². The number of benzene rings is 1. The molecule has 5 heteroatoms. The molecule has 0 aromatic heterocycles. The van der Waals surface area contributed by atoms with Crippen LogP contribution in [0.25, 0.3) is 0 Å². The molecule has 0 radical (unpaired) electrons. The van der Waals surface area contributed by atoms with E-state index in [1.807, 2.05) is 18.2 Å². The number of hydrogen-bond acceptors (Lipinski definition) is 4. The van der Waals surface area contributed by atoms with Crippen LogP contribution in [-0.4, -0.2) is 20.1 Å². The van der Waals surface area contributed by atoms with Crippen molar-refractivity contribution in [3.8, 4) is 5.75 Å². The van der Waals surface area contributed by atoms with Gasteiger partial charge in [0.05, 0.1) is 10.7 Å². The van der Waals surface area contributed by atoms with Crippen LogP contribution in [0.5, 0.6) is 5.75 Å². The van der Waals surface area contributed by atoms with Crippen molar-refractivity contribution in [1.29, 1.82) is 0 Å². The van der Waals surface area contributed by atoms with Crippen molar-refractivity contribution in [1.82, 2.24) is 0 Å². The van der Waals surface area contributed by atoms with Gasteiger partial charge >= 0.3 is 0 Å². The lowest BCUT2D eigenvalue weighted by Crippen LogP contribution is -1.99. The van der Waals surface area contributed by atoms with Crippen LogP contribution in [0, 0.1) is 0 Å². The molecule has 0 spiro atoms. The highest BCUT2D eigenvalue weighted by Gasteiger charge is 2.00. The summed E-state index contributed by atoms with van der Waals surface area (Å²) in [5.41, 5.74) is 0.907. The van der Waals surface area contributed by atoms with Gasteiger partial charge in [-0.3, -0.25) is 0 Å². The van der Waals surface area contributed by atoms with Crippen LogP contribution >= 0.6 is 15.9 Å². The number of methoxy groups -OCH3 is 1. The average Bonchev–Trinajstić information content (AvgIpc) is 2.17. The van der Waals surface area contributed by atoms with Gasteiger partial charge in [-0.2, -0.15) is 5.10 Å². The topological polar surface area (TPSA) is 56.8 Å². The third-order valence-electron chi connectivity index (χ3n) is 1.51. The Morgan fingerprint density at radius 3 is 2.93 bits per heavy atom. The predicted molar refractivity (Wildman–Crippen MR) is 58.4 cm³/mol. The van der Waals surface area contributed by atoms with Gasteiger partial charge in [-0.25, -0.2) is 0 Å². The highest BCUT2D eigenvalue weighted by Crippen LogP contribution is 2.25. The summed E-state index contributed by atoms with van der Waals surface area (Å²) in [6.45, 7) is 0.225. The zero-order valence-electron chi connectivity index (χ0n) is 7.74. The van der Waals surface area contributed by atoms with Gasteiger partial charge in [0.2, 0.25) is 0 Å². The molecule has 2 N–H and O–H groups in total. The molecule has 0 aliphatic rings. The highest BCUT2D eigenvalue weighted by atomic mass is 79.9. The quantitative estimate of drug-likeness (QED) is 0.387. The molecule has 0 fully saturated rings. The molecule has 0 aliphatic carbocycles. The van der Waals surface area contributed by atoms with Crippen molar-refractivity contribution in [2.75, 3.05) is 13.9 Å². The molecule has 76 valence electrons. The Bertz CT molecular complexity index is 329. The normalized spacial score (nSPS) is 10.7. The molecule has 0 unspecified atom stereocenters. The minimum Gasteiger partial charge on any atom is -0.466 e. The lowest BCUT2D eigenvalue weighted by molar-refractivity contribution is 0.0506. The molecule has 0 saturated carbocycles. The molecule has 0 aliphatic heterocycles. The highest BCUT2D eigenvalue weighted by molar-refractivity contribution is 9.10. The second-order valence-corrected chi connectivity index (χ2v) is 3.37. The third-order valence-corrected chi connectivity index (χ3v) is 2.13. The van der Waals surface area contributed by atoms with E-state index in [0.29, 0.717) is 0 Å². The summed E-state index contributed by atoms with van der Waals surface area (Å²) in [5.74, 6) is 5.75. The number of nitrogens with zero attached hydrogens (tertiary/aromatic N) is 1. The summed E-state index contributed by atoms with van der Waals surface area (Å²) in [7, 11) is 1.57. The fraction of sp³-hybridized carbons (Fsp3) is 0.222. The first-order valence-electron chi connectivity index (χ1n) is 3.92. The van der Waals surface area contributed by atoms with Crippen LogP contribution in [-0.2, 0) is 4.74 Å². The smallest absolute Gasteiger partial charge is 0.188 e. The molecular weight excluding hydrogens is 248 g/mol. The van der Waals surface area contributed by atoms with Crippen LogP contribution in [0.15, 0.2) is 27.8 Å². The Morgan fingerprint density at radius 1 is 1.57 bits per heavy atom. The lowest BCUT2D eigenvalue weighted by atomic mass is 10.2. The van der Waals surface area contributed by atoms with Crippen LogP contribution in [0.2, 0.25) is 0 Å². The van der Waals surface area contributed by atoms with Gasteiger partial charge in [0.1, 0.15) is 5.75 Å². The minimum absolute atomic E-state index is 0.225. The van der Waals surface area contributed by atoms with Crippen LogP contribution in [0.4, 0.5) is 0 Å². The molecule has 0 heterocycles. The second-order valence-electron chi connectivity index (χ2n) is 2.52. The Balaban J connectivity index is 2.79. The van der Waals surface area contributed by atoms with E-state index in [4.69, 9.17) is 15.3 Å². The maximum Gasteiger partial charge on any atom is 0.188 e. The summed E-state index contributed by atoms with van der Waals surface area (Å²) in [4.78, 5) is 0. The summed E-state index contributed by atoms with van der Waals surface area (Å²) >= 11 is 3.36. The summed E-state index contributed by atoms with van der Waals surface area (Å²) in [6, 6.07) is 5.54. The Hall–Kier alpha value is -1.07. The Labute approximate surface area is 90.8 Å². The van der Waals surface area contributed by atoms with Crippen molar-refractivity contribution < 1.29 is 9.47 Å². The fourth-order valence-electron chi connectivity index (χ4n) is 0.923. The monoisotopic (exact) mass is 258 g/mol. The molecular formula is C9H11BrN2O2. The largest absolute Gasteiger partial charge is 0.466 e. The van der Waals surface area contributed by atoms with Crippen molar-refractivity contribution in [2.45, 2.75) is 0 Å². The minimum atomic E-state index is 0.225. The van der Waals surface area contributed by atoms with Crippen LogP contribution in [0.3, 0.4) is 0 Å². The van der Waals surface area contributed by atoms with E-state index in [0.717, 1.165) is 15.8 Å². The Kier molecular flexibility index (Phi) is 4.42. The predicted octanol–water partition coefficient (Wildman–Crippen LogP) is 1.72. The fourth-order valence-corrected chi connectivity index (χ4v) is 1.43. The Morgan fingerprint density at radius 2 is 2.36 bits per heavy atom. The number of hydrogen-bond donors (Lipinski definition) is 1. The molecule has 0 saturated heterocycles.